The van der Waals surface area contributed by atoms with E-state index < -0.39 is 17.3 Å². The van der Waals surface area contributed by atoms with E-state index in [1.807, 2.05) is 6.07 Å². The van der Waals surface area contributed by atoms with Crippen LogP contribution < -0.4 is 10.2 Å². The lowest BCUT2D eigenvalue weighted by atomic mass is 9.85. The summed E-state index contributed by atoms with van der Waals surface area (Å²) in [4.78, 5) is 32.9. The van der Waals surface area contributed by atoms with E-state index in [-0.39, 0.29) is 0 Å². The topological polar surface area (TPSA) is 85.8 Å². The van der Waals surface area contributed by atoms with Crippen molar-refractivity contribution in [2.75, 3.05) is 43.4 Å². The molecule has 2 heterocycles. The van der Waals surface area contributed by atoms with Crippen molar-refractivity contribution in [1.82, 2.24) is 9.88 Å². The molecule has 1 saturated heterocycles. The van der Waals surface area contributed by atoms with E-state index >= 15 is 0 Å². The molecule has 2 N–H and O–H groups in total. The predicted octanol–water partition coefficient (Wildman–Crippen LogP) is 1.42. The molecule has 7 nitrogen and oxygen atoms in total. The molecular formula is C17H24N4O3. The number of nitrogens with one attached hydrogen (secondary N) is 1. The fraction of sp³-hybridized carbons (Fsp3) is 0.588. The molecule has 1 aliphatic heterocycles. The van der Waals surface area contributed by atoms with Crippen molar-refractivity contribution in [3.63, 3.8) is 0 Å². The van der Waals surface area contributed by atoms with Gasteiger partial charge >= 0.3 is 5.97 Å². The lowest BCUT2D eigenvalue weighted by Gasteiger charge is -2.33. The number of carboxylic acid groups (broad SMARTS) is 1. The summed E-state index contributed by atoms with van der Waals surface area (Å²) < 4.78 is 0. The Labute approximate surface area is 141 Å². The van der Waals surface area contributed by atoms with Gasteiger partial charge in [0, 0.05) is 26.2 Å². The molecule has 1 aromatic heterocycles. The maximum atomic E-state index is 12.5. The molecule has 0 atom stereocenters. The Morgan fingerprint density at radius 2 is 1.83 bits per heavy atom. The second-order valence-corrected chi connectivity index (χ2v) is 6.74. The third kappa shape index (κ3) is 3.21. The van der Waals surface area contributed by atoms with Crippen molar-refractivity contribution in [1.29, 1.82) is 0 Å². The van der Waals surface area contributed by atoms with Gasteiger partial charge in [-0.15, -0.1) is 0 Å². The lowest BCUT2D eigenvalue weighted by Crippen LogP contribution is -2.44. The average molecular weight is 332 g/mol. The highest BCUT2D eigenvalue weighted by Gasteiger charge is 2.48. The zero-order valence-corrected chi connectivity index (χ0v) is 14.0. The summed E-state index contributed by atoms with van der Waals surface area (Å²) in [5.41, 5.74) is -0.735. The SMILES string of the molecule is CN1CCN(c2ccc(NC(=O)C3(C(=O)O)CCCC3)cn2)CC1. The van der Waals surface area contributed by atoms with E-state index in [2.05, 4.69) is 27.1 Å². The molecule has 0 radical (unpaired) electrons. The summed E-state index contributed by atoms with van der Waals surface area (Å²) in [5.74, 6) is -0.573. The van der Waals surface area contributed by atoms with Crippen LogP contribution in [-0.2, 0) is 9.59 Å². The highest BCUT2D eigenvalue weighted by atomic mass is 16.4. The van der Waals surface area contributed by atoms with Gasteiger partial charge in [0.05, 0.1) is 11.9 Å². The number of hydrogen-bond donors (Lipinski definition) is 2. The summed E-state index contributed by atoms with van der Waals surface area (Å²) in [6.45, 7) is 3.86. The van der Waals surface area contributed by atoms with Crippen molar-refractivity contribution >= 4 is 23.4 Å². The summed E-state index contributed by atoms with van der Waals surface area (Å²) in [5, 5.41) is 12.2. The number of carboxylic acids is 1. The normalized spacial score (nSPS) is 20.8. The van der Waals surface area contributed by atoms with Crippen molar-refractivity contribution < 1.29 is 14.7 Å². The second kappa shape index (κ2) is 6.76. The summed E-state index contributed by atoms with van der Waals surface area (Å²) in [7, 11) is 2.10. The van der Waals surface area contributed by atoms with Gasteiger partial charge in [0.1, 0.15) is 11.2 Å². The molecule has 2 aliphatic rings. The number of aromatic nitrogens is 1. The van der Waals surface area contributed by atoms with Crippen LogP contribution in [-0.4, -0.2) is 60.1 Å². The largest absolute Gasteiger partial charge is 0.480 e. The average Bonchev–Trinajstić information content (AvgIpc) is 3.08. The fourth-order valence-electron chi connectivity index (χ4n) is 3.45. The van der Waals surface area contributed by atoms with Gasteiger partial charge in [-0.2, -0.15) is 0 Å². The molecule has 0 unspecified atom stereocenters. The monoisotopic (exact) mass is 332 g/mol. The number of amides is 1. The van der Waals surface area contributed by atoms with Crippen molar-refractivity contribution in [2.24, 2.45) is 5.41 Å². The quantitative estimate of drug-likeness (QED) is 0.811. The number of nitrogens with zero attached hydrogens (tertiary/aromatic N) is 3. The van der Waals surface area contributed by atoms with Crippen LogP contribution in [0, 0.1) is 5.41 Å². The molecule has 3 rings (SSSR count). The van der Waals surface area contributed by atoms with E-state index in [1.54, 1.807) is 12.3 Å². The number of pyridine rings is 1. The Bertz CT molecular complexity index is 603. The first-order chi connectivity index (χ1) is 11.5. The van der Waals surface area contributed by atoms with Gasteiger partial charge in [0.15, 0.2) is 0 Å². The fourth-order valence-corrected chi connectivity index (χ4v) is 3.45. The number of hydrogen-bond acceptors (Lipinski definition) is 5. The summed E-state index contributed by atoms with van der Waals surface area (Å²) in [6.07, 6.45) is 3.97. The van der Waals surface area contributed by atoms with Crippen LogP contribution >= 0.6 is 0 Å². The zero-order chi connectivity index (χ0) is 17.2. The first-order valence-electron chi connectivity index (χ1n) is 8.46. The molecule has 2 fully saturated rings. The van der Waals surface area contributed by atoms with Crippen molar-refractivity contribution in [2.45, 2.75) is 25.7 Å². The van der Waals surface area contributed by atoms with Crippen LogP contribution in [0.15, 0.2) is 18.3 Å². The van der Waals surface area contributed by atoms with E-state index in [4.69, 9.17) is 0 Å². The molecule has 1 saturated carbocycles. The number of rotatable bonds is 4. The van der Waals surface area contributed by atoms with Crippen LogP contribution in [0.1, 0.15) is 25.7 Å². The number of likely N-dealkylation sites (N-methyl/N-ethyl adjacent to an activating group) is 1. The molecular weight excluding hydrogens is 308 g/mol. The minimum atomic E-state index is -1.28. The third-order valence-electron chi connectivity index (χ3n) is 5.13. The van der Waals surface area contributed by atoms with Crippen LogP contribution in [0.3, 0.4) is 0 Å². The molecule has 0 spiro atoms. The maximum Gasteiger partial charge on any atom is 0.319 e. The van der Waals surface area contributed by atoms with Gasteiger partial charge in [-0.25, -0.2) is 4.98 Å². The van der Waals surface area contributed by atoms with Crippen LogP contribution in [0.2, 0.25) is 0 Å². The highest BCUT2D eigenvalue weighted by molar-refractivity contribution is 6.08. The summed E-state index contributed by atoms with van der Waals surface area (Å²) in [6, 6.07) is 3.67. The standard InChI is InChI=1S/C17H24N4O3/c1-20-8-10-21(11-9-20)14-5-4-13(12-18-14)19-15(22)17(16(23)24)6-2-3-7-17/h4-5,12H,2-3,6-11H2,1H3,(H,19,22)(H,23,24). The van der Waals surface area contributed by atoms with Crippen LogP contribution in [0.25, 0.3) is 0 Å². The first-order valence-corrected chi connectivity index (χ1v) is 8.46. The van der Waals surface area contributed by atoms with E-state index in [9.17, 15) is 14.7 Å². The Hall–Kier alpha value is -2.15. The Morgan fingerprint density at radius 3 is 2.38 bits per heavy atom. The Balaban J connectivity index is 1.66. The van der Waals surface area contributed by atoms with Gasteiger partial charge in [-0.3, -0.25) is 9.59 Å². The second-order valence-electron chi connectivity index (χ2n) is 6.74. The lowest BCUT2D eigenvalue weighted by molar-refractivity contribution is -0.153. The van der Waals surface area contributed by atoms with Gasteiger partial charge < -0.3 is 20.2 Å². The van der Waals surface area contributed by atoms with Crippen molar-refractivity contribution in [3.05, 3.63) is 18.3 Å². The van der Waals surface area contributed by atoms with E-state index in [0.717, 1.165) is 44.8 Å². The van der Waals surface area contributed by atoms with E-state index in [1.165, 1.54) is 0 Å². The smallest absolute Gasteiger partial charge is 0.319 e. The molecule has 0 bridgehead atoms. The van der Waals surface area contributed by atoms with E-state index in [0.29, 0.717) is 18.5 Å². The zero-order valence-electron chi connectivity index (χ0n) is 14.0. The van der Waals surface area contributed by atoms with Crippen molar-refractivity contribution in [3.8, 4) is 0 Å². The minimum Gasteiger partial charge on any atom is -0.480 e. The minimum absolute atomic E-state index is 0.404. The summed E-state index contributed by atoms with van der Waals surface area (Å²) >= 11 is 0. The Morgan fingerprint density at radius 1 is 1.17 bits per heavy atom. The van der Waals surface area contributed by atoms with Crippen LogP contribution in [0.5, 0.6) is 0 Å². The number of anilines is 2. The van der Waals surface area contributed by atoms with Gasteiger partial charge in [0.25, 0.3) is 0 Å². The highest BCUT2D eigenvalue weighted by Crippen LogP contribution is 2.39. The number of aliphatic carboxylic acids is 1. The molecule has 130 valence electrons. The molecule has 24 heavy (non-hydrogen) atoms. The first kappa shape index (κ1) is 16.7. The number of carbonyl (C=O) groups is 2. The molecule has 1 amide bonds. The Kier molecular flexibility index (Phi) is 4.71. The van der Waals surface area contributed by atoms with Gasteiger partial charge in [0.2, 0.25) is 5.91 Å². The third-order valence-corrected chi connectivity index (χ3v) is 5.13. The van der Waals surface area contributed by atoms with Crippen LogP contribution in [0.4, 0.5) is 11.5 Å². The molecule has 7 heteroatoms. The number of piperazine rings is 1. The molecule has 0 aromatic carbocycles. The van der Waals surface area contributed by atoms with Gasteiger partial charge in [-0.05, 0) is 32.0 Å². The maximum absolute atomic E-state index is 12.5. The van der Waals surface area contributed by atoms with Gasteiger partial charge in [-0.1, -0.05) is 12.8 Å². The molecule has 1 aliphatic carbocycles. The number of carbonyl (C=O) groups excluding carboxylic acids is 1. The predicted molar refractivity (Wildman–Crippen MR) is 91.1 cm³/mol. The molecule has 1 aromatic rings.